The molecule has 1 aromatic carbocycles. The lowest BCUT2D eigenvalue weighted by Crippen LogP contribution is -2.38. The van der Waals surface area contributed by atoms with Crippen LogP contribution >= 0.6 is 0 Å². The van der Waals surface area contributed by atoms with Gasteiger partial charge >= 0.3 is 5.97 Å². The first-order valence-electron chi connectivity index (χ1n) is 6.01. The van der Waals surface area contributed by atoms with E-state index in [-0.39, 0.29) is 12.4 Å². The standard InChI is InChI=1S/C13H16N2O4/c14-12(15-18)9-2-4-10(5-3-9)13(6-1-7-13)19-8-11(16)17/h2-5,18H,1,6-8H2,(H2,14,15)(H,16,17). The maximum atomic E-state index is 10.6. The number of ether oxygens (including phenoxy) is 1. The van der Waals surface area contributed by atoms with Gasteiger partial charge in [-0.15, -0.1) is 0 Å². The van der Waals surface area contributed by atoms with Crippen LogP contribution in [0.3, 0.4) is 0 Å². The molecular weight excluding hydrogens is 248 g/mol. The lowest BCUT2D eigenvalue weighted by molar-refractivity contribution is -0.159. The smallest absolute Gasteiger partial charge is 0.329 e. The molecule has 4 N–H and O–H groups in total. The zero-order valence-corrected chi connectivity index (χ0v) is 10.4. The van der Waals surface area contributed by atoms with Crippen LogP contribution in [0, 0.1) is 0 Å². The van der Waals surface area contributed by atoms with Crippen molar-refractivity contribution in [1.82, 2.24) is 0 Å². The number of benzene rings is 1. The summed E-state index contributed by atoms with van der Waals surface area (Å²) in [6.07, 6.45) is 2.63. The highest BCUT2D eigenvalue weighted by Gasteiger charge is 2.40. The second-order valence-electron chi connectivity index (χ2n) is 4.59. The fourth-order valence-electron chi connectivity index (χ4n) is 2.22. The zero-order valence-electron chi connectivity index (χ0n) is 10.4. The highest BCUT2D eigenvalue weighted by molar-refractivity contribution is 5.96. The van der Waals surface area contributed by atoms with E-state index >= 15 is 0 Å². The Morgan fingerprint density at radius 1 is 1.37 bits per heavy atom. The quantitative estimate of drug-likeness (QED) is 0.321. The molecule has 6 nitrogen and oxygen atoms in total. The molecule has 0 atom stereocenters. The SMILES string of the molecule is N/C(=N/O)c1ccc(C2(OCC(=O)O)CCC2)cc1. The number of hydrogen-bond acceptors (Lipinski definition) is 4. The number of nitrogens with two attached hydrogens (primary N) is 1. The molecule has 0 heterocycles. The van der Waals surface area contributed by atoms with Crippen LogP contribution in [-0.4, -0.2) is 28.7 Å². The van der Waals surface area contributed by atoms with Gasteiger partial charge in [0.1, 0.15) is 6.61 Å². The van der Waals surface area contributed by atoms with Gasteiger partial charge in [-0.2, -0.15) is 0 Å². The Balaban J connectivity index is 2.17. The molecule has 1 fully saturated rings. The molecule has 0 unspecified atom stereocenters. The molecule has 19 heavy (non-hydrogen) atoms. The van der Waals surface area contributed by atoms with Crippen molar-refractivity contribution in [3.63, 3.8) is 0 Å². The summed E-state index contributed by atoms with van der Waals surface area (Å²) in [5.74, 6) is -0.930. The summed E-state index contributed by atoms with van der Waals surface area (Å²) in [5, 5.41) is 20.2. The molecular formula is C13H16N2O4. The highest BCUT2D eigenvalue weighted by Crippen LogP contribution is 2.44. The zero-order chi connectivity index (χ0) is 13.9. The summed E-state index contributed by atoms with van der Waals surface area (Å²) in [4.78, 5) is 10.6. The van der Waals surface area contributed by atoms with Crippen molar-refractivity contribution in [1.29, 1.82) is 0 Å². The first kappa shape index (κ1) is 13.4. The first-order valence-corrected chi connectivity index (χ1v) is 6.01. The molecule has 2 rings (SSSR count). The summed E-state index contributed by atoms with van der Waals surface area (Å²) >= 11 is 0. The summed E-state index contributed by atoms with van der Waals surface area (Å²) < 4.78 is 5.53. The average molecular weight is 264 g/mol. The van der Waals surface area contributed by atoms with Gasteiger partial charge in [0.2, 0.25) is 0 Å². The van der Waals surface area contributed by atoms with E-state index in [0.29, 0.717) is 5.56 Å². The van der Waals surface area contributed by atoms with Crippen molar-refractivity contribution >= 4 is 11.8 Å². The van der Waals surface area contributed by atoms with Crippen LogP contribution in [0.15, 0.2) is 29.4 Å². The van der Waals surface area contributed by atoms with Crippen molar-refractivity contribution < 1.29 is 19.8 Å². The Morgan fingerprint density at radius 2 is 2.00 bits per heavy atom. The summed E-state index contributed by atoms with van der Waals surface area (Å²) in [7, 11) is 0. The molecule has 0 saturated heterocycles. The Kier molecular flexibility index (Phi) is 3.71. The van der Waals surface area contributed by atoms with E-state index in [1.807, 2.05) is 12.1 Å². The van der Waals surface area contributed by atoms with E-state index < -0.39 is 11.6 Å². The molecule has 1 aliphatic carbocycles. The van der Waals surface area contributed by atoms with Crippen molar-refractivity contribution in [2.45, 2.75) is 24.9 Å². The minimum Gasteiger partial charge on any atom is -0.480 e. The van der Waals surface area contributed by atoms with Crippen molar-refractivity contribution in [2.24, 2.45) is 10.9 Å². The number of hydrogen-bond donors (Lipinski definition) is 3. The molecule has 0 aliphatic heterocycles. The van der Waals surface area contributed by atoms with Crippen LogP contribution in [0.1, 0.15) is 30.4 Å². The fraction of sp³-hybridized carbons (Fsp3) is 0.385. The van der Waals surface area contributed by atoms with Gasteiger partial charge in [-0.1, -0.05) is 29.4 Å². The van der Waals surface area contributed by atoms with Crippen LogP contribution in [0.25, 0.3) is 0 Å². The van der Waals surface area contributed by atoms with Gasteiger partial charge < -0.3 is 20.8 Å². The largest absolute Gasteiger partial charge is 0.480 e. The minimum atomic E-state index is -0.973. The Morgan fingerprint density at radius 3 is 2.42 bits per heavy atom. The van der Waals surface area contributed by atoms with Crippen LogP contribution in [0.5, 0.6) is 0 Å². The molecule has 1 aromatic rings. The van der Waals surface area contributed by atoms with Gasteiger partial charge in [0.05, 0.1) is 5.60 Å². The molecule has 0 spiro atoms. The summed E-state index contributed by atoms with van der Waals surface area (Å²) in [5.41, 5.74) is 6.53. The number of rotatable bonds is 5. The number of aliphatic carboxylic acids is 1. The third-order valence-corrected chi connectivity index (χ3v) is 3.45. The normalized spacial score (nSPS) is 17.8. The number of carboxylic acids is 1. The van der Waals surface area contributed by atoms with Crippen LogP contribution in [-0.2, 0) is 15.1 Å². The third kappa shape index (κ3) is 2.68. The fourth-order valence-corrected chi connectivity index (χ4v) is 2.22. The third-order valence-electron chi connectivity index (χ3n) is 3.45. The van der Waals surface area contributed by atoms with Gasteiger partial charge in [0, 0.05) is 5.56 Å². The monoisotopic (exact) mass is 264 g/mol. The predicted molar refractivity (Wildman–Crippen MR) is 68.1 cm³/mol. The number of nitrogens with zero attached hydrogens (tertiary/aromatic N) is 1. The number of carbonyl (C=O) groups is 1. The Labute approximate surface area is 110 Å². The molecule has 0 aromatic heterocycles. The molecule has 0 radical (unpaired) electrons. The van der Waals surface area contributed by atoms with Gasteiger partial charge in [0.25, 0.3) is 0 Å². The maximum Gasteiger partial charge on any atom is 0.329 e. The highest BCUT2D eigenvalue weighted by atomic mass is 16.5. The van der Waals surface area contributed by atoms with Gasteiger partial charge in [-0.3, -0.25) is 0 Å². The molecule has 6 heteroatoms. The van der Waals surface area contributed by atoms with E-state index in [1.165, 1.54) is 0 Å². The van der Waals surface area contributed by atoms with Crippen LogP contribution in [0.2, 0.25) is 0 Å². The Bertz CT molecular complexity index is 492. The van der Waals surface area contributed by atoms with Crippen LogP contribution < -0.4 is 5.73 Å². The number of amidine groups is 1. The maximum absolute atomic E-state index is 10.6. The minimum absolute atomic E-state index is 0.0423. The molecule has 0 amide bonds. The van der Waals surface area contributed by atoms with E-state index in [1.54, 1.807) is 12.1 Å². The summed E-state index contributed by atoms with van der Waals surface area (Å²) in [6.45, 7) is -0.304. The molecule has 1 saturated carbocycles. The van der Waals surface area contributed by atoms with Gasteiger partial charge in [-0.05, 0) is 24.8 Å². The van der Waals surface area contributed by atoms with Crippen LogP contribution in [0.4, 0.5) is 0 Å². The van der Waals surface area contributed by atoms with E-state index in [2.05, 4.69) is 5.16 Å². The van der Waals surface area contributed by atoms with E-state index in [0.717, 1.165) is 24.8 Å². The van der Waals surface area contributed by atoms with E-state index in [9.17, 15) is 4.79 Å². The van der Waals surface area contributed by atoms with E-state index in [4.69, 9.17) is 20.8 Å². The van der Waals surface area contributed by atoms with Gasteiger partial charge in [-0.25, -0.2) is 4.79 Å². The second-order valence-corrected chi connectivity index (χ2v) is 4.59. The predicted octanol–water partition coefficient (Wildman–Crippen LogP) is 1.26. The number of carboxylic acid groups (broad SMARTS) is 1. The number of oxime groups is 1. The average Bonchev–Trinajstić information content (AvgIpc) is 2.37. The topological polar surface area (TPSA) is 105 Å². The first-order chi connectivity index (χ1) is 9.07. The lowest BCUT2D eigenvalue weighted by Gasteiger charge is -2.41. The Hall–Kier alpha value is -2.08. The second kappa shape index (κ2) is 5.27. The summed E-state index contributed by atoms with van der Waals surface area (Å²) in [6, 6.07) is 7.12. The van der Waals surface area contributed by atoms with Crippen molar-refractivity contribution in [3.8, 4) is 0 Å². The van der Waals surface area contributed by atoms with Gasteiger partial charge in [0.15, 0.2) is 5.84 Å². The van der Waals surface area contributed by atoms with Crippen molar-refractivity contribution in [3.05, 3.63) is 35.4 Å². The van der Waals surface area contributed by atoms with Crippen molar-refractivity contribution in [2.75, 3.05) is 6.61 Å². The molecule has 0 bridgehead atoms. The molecule has 102 valence electrons. The molecule has 1 aliphatic rings. The lowest BCUT2D eigenvalue weighted by atomic mass is 9.74.